The van der Waals surface area contributed by atoms with Gasteiger partial charge in [0.1, 0.15) is 11.6 Å². The van der Waals surface area contributed by atoms with Crippen LogP contribution < -0.4 is 15.5 Å². The zero-order valence-corrected chi connectivity index (χ0v) is 15.4. The molecule has 4 nitrogen and oxygen atoms in total. The predicted molar refractivity (Wildman–Crippen MR) is 104 cm³/mol. The van der Waals surface area contributed by atoms with Crippen LogP contribution in [-0.2, 0) is 6.54 Å². The van der Waals surface area contributed by atoms with Crippen molar-refractivity contribution >= 4 is 5.69 Å². The summed E-state index contributed by atoms with van der Waals surface area (Å²) in [5.41, 5.74) is 1.80. The Hall–Kier alpha value is -2.02. The first-order chi connectivity index (χ1) is 13.2. The van der Waals surface area contributed by atoms with E-state index in [0.717, 1.165) is 45.3 Å². The van der Waals surface area contributed by atoms with Crippen LogP contribution >= 0.6 is 0 Å². The molecule has 0 radical (unpaired) electrons. The van der Waals surface area contributed by atoms with Crippen LogP contribution in [-0.4, -0.2) is 56.3 Å². The van der Waals surface area contributed by atoms with Crippen LogP contribution in [0.4, 0.5) is 14.5 Å². The molecule has 2 aromatic carbocycles. The van der Waals surface area contributed by atoms with E-state index in [1.54, 1.807) is 6.07 Å². The topological polar surface area (TPSA) is 30.5 Å². The van der Waals surface area contributed by atoms with Crippen LogP contribution in [0.3, 0.4) is 0 Å². The van der Waals surface area contributed by atoms with Crippen molar-refractivity contribution in [1.29, 1.82) is 0 Å². The van der Waals surface area contributed by atoms with Crippen LogP contribution in [0.5, 0.6) is 0 Å². The summed E-state index contributed by atoms with van der Waals surface area (Å²) >= 11 is 0. The summed E-state index contributed by atoms with van der Waals surface area (Å²) in [5.74, 6) is -1.02. The Morgan fingerprint density at radius 2 is 1.85 bits per heavy atom. The van der Waals surface area contributed by atoms with Crippen molar-refractivity contribution in [2.75, 3.05) is 44.2 Å². The molecule has 0 aliphatic carbocycles. The Labute approximate surface area is 159 Å². The maximum absolute atomic E-state index is 14.4. The van der Waals surface area contributed by atoms with Gasteiger partial charge in [-0.3, -0.25) is 4.90 Å². The maximum atomic E-state index is 14.4. The molecule has 0 bridgehead atoms. The predicted octanol–water partition coefficient (Wildman–Crippen LogP) is 2.22. The molecular formula is C21H26F2N4. The molecule has 2 aromatic rings. The molecule has 2 aliphatic rings. The quantitative estimate of drug-likeness (QED) is 0.862. The lowest BCUT2D eigenvalue weighted by atomic mass is 10.00. The fourth-order valence-electron chi connectivity index (χ4n) is 4.18. The molecule has 2 fully saturated rings. The molecule has 2 atom stereocenters. The first-order valence-corrected chi connectivity index (χ1v) is 9.63. The highest BCUT2D eigenvalue weighted by Crippen LogP contribution is 2.25. The number of nitrogens with one attached hydrogen (secondary N) is 2. The van der Waals surface area contributed by atoms with Gasteiger partial charge in [0.15, 0.2) is 0 Å². The Kier molecular flexibility index (Phi) is 5.66. The van der Waals surface area contributed by atoms with Crippen LogP contribution in [0.2, 0.25) is 0 Å². The lowest BCUT2D eigenvalue weighted by Crippen LogP contribution is -2.65. The largest absolute Gasteiger partial charge is 0.362 e. The summed E-state index contributed by atoms with van der Waals surface area (Å²) in [5, 5.41) is 7.05. The minimum Gasteiger partial charge on any atom is -0.362 e. The molecule has 0 saturated carbocycles. The first kappa shape index (κ1) is 18.3. The lowest BCUT2D eigenvalue weighted by Gasteiger charge is -2.46. The van der Waals surface area contributed by atoms with Gasteiger partial charge in [0.05, 0.1) is 11.7 Å². The van der Waals surface area contributed by atoms with Gasteiger partial charge < -0.3 is 15.5 Å². The molecule has 27 heavy (non-hydrogen) atoms. The zero-order valence-electron chi connectivity index (χ0n) is 15.4. The monoisotopic (exact) mass is 372 g/mol. The highest BCUT2D eigenvalue weighted by Gasteiger charge is 2.34. The van der Waals surface area contributed by atoms with Crippen molar-refractivity contribution in [1.82, 2.24) is 15.5 Å². The summed E-state index contributed by atoms with van der Waals surface area (Å²) in [7, 11) is 0. The van der Waals surface area contributed by atoms with E-state index in [4.69, 9.17) is 0 Å². The molecule has 4 rings (SSSR count). The molecule has 0 amide bonds. The third-order valence-electron chi connectivity index (χ3n) is 5.51. The Morgan fingerprint density at radius 3 is 2.67 bits per heavy atom. The summed E-state index contributed by atoms with van der Waals surface area (Å²) < 4.78 is 27.7. The van der Waals surface area contributed by atoms with E-state index in [-0.39, 0.29) is 12.1 Å². The van der Waals surface area contributed by atoms with Crippen molar-refractivity contribution in [2.24, 2.45) is 0 Å². The summed E-state index contributed by atoms with van der Waals surface area (Å²) in [6.45, 7) is 6.03. The van der Waals surface area contributed by atoms with Crippen LogP contribution in [0.15, 0.2) is 48.5 Å². The average molecular weight is 372 g/mol. The van der Waals surface area contributed by atoms with Crippen molar-refractivity contribution < 1.29 is 8.78 Å². The molecule has 144 valence electrons. The summed E-state index contributed by atoms with van der Waals surface area (Å²) in [6.07, 6.45) is 0. The SMILES string of the molecule is Fc1ccc(N2CCNCC2C2CN(Cc3ccccc3)CCN2)c(F)c1. The van der Waals surface area contributed by atoms with Crippen molar-refractivity contribution in [3.63, 3.8) is 0 Å². The molecule has 2 heterocycles. The zero-order chi connectivity index (χ0) is 18.6. The fourth-order valence-corrected chi connectivity index (χ4v) is 4.18. The molecule has 6 heteroatoms. The number of anilines is 1. The van der Waals surface area contributed by atoms with Gasteiger partial charge in [-0.15, -0.1) is 0 Å². The van der Waals surface area contributed by atoms with Crippen molar-refractivity contribution in [3.05, 3.63) is 65.7 Å². The highest BCUT2D eigenvalue weighted by molar-refractivity contribution is 5.50. The Morgan fingerprint density at radius 1 is 1.00 bits per heavy atom. The molecule has 2 saturated heterocycles. The Balaban J connectivity index is 1.49. The number of halogens is 2. The second-order valence-corrected chi connectivity index (χ2v) is 7.34. The van der Waals surface area contributed by atoms with Crippen LogP contribution in [0.1, 0.15) is 5.56 Å². The van der Waals surface area contributed by atoms with Crippen molar-refractivity contribution in [3.8, 4) is 0 Å². The summed E-state index contributed by atoms with van der Waals surface area (Å²) in [4.78, 5) is 4.54. The molecule has 2 unspecified atom stereocenters. The van der Waals surface area contributed by atoms with E-state index in [0.29, 0.717) is 12.2 Å². The minimum atomic E-state index is -0.534. The van der Waals surface area contributed by atoms with Gasteiger partial charge in [0, 0.05) is 57.9 Å². The van der Waals surface area contributed by atoms with Crippen LogP contribution in [0, 0.1) is 11.6 Å². The average Bonchev–Trinajstić information content (AvgIpc) is 2.69. The summed E-state index contributed by atoms with van der Waals surface area (Å²) in [6, 6.07) is 14.7. The third kappa shape index (κ3) is 4.29. The minimum absolute atomic E-state index is 0.122. The smallest absolute Gasteiger partial charge is 0.149 e. The fraction of sp³-hybridized carbons (Fsp3) is 0.429. The van der Waals surface area contributed by atoms with Gasteiger partial charge in [0.25, 0.3) is 0 Å². The van der Waals surface area contributed by atoms with Gasteiger partial charge in [-0.2, -0.15) is 0 Å². The standard InChI is InChI=1S/C21H26F2N4/c22-17-6-7-20(18(23)12-17)27-11-8-24-13-21(27)19-15-26(10-9-25-19)14-16-4-2-1-3-5-16/h1-7,12,19,21,24-25H,8-11,13-15H2. The van der Waals surface area contributed by atoms with E-state index in [1.807, 2.05) is 6.07 Å². The van der Waals surface area contributed by atoms with E-state index in [9.17, 15) is 8.78 Å². The van der Waals surface area contributed by atoms with E-state index >= 15 is 0 Å². The number of rotatable bonds is 4. The Bertz CT molecular complexity index is 755. The number of benzene rings is 2. The second-order valence-electron chi connectivity index (χ2n) is 7.34. The van der Waals surface area contributed by atoms with Gasteiger partial charge in [-0.1, -0.05) is 30.3 Å². The van der Waals surface area contributed by atoms with E-state index in [2.05, 4.69) is 44.7 Å². The first-order valence-electron chi connectivity index (χ1n) is 9.63. The molecule has 0 spiro atoms. The number of nitrogens with zero attached hydrogens (tertiary/aromatic N) is 2. The molecule has 2 aliphatic heterocycles. The lowest BCUT2D eigenvalue weighted by molar-refractivity contribution is 0.171. The molecular weight excluding hydrogens is 346 g/mol. The third-order valence-corrected chi connectivity index (χ3v) is 5.51. The maximum Gasteiger partial charge on any atom is 0.149 e. The van der Waals surface area contributed by atoms with Gasteiger partial charge in [-0.25, -0.2) is 8.78 Å². The van der Waals surface area contributed by atoms with Crippen molar-refractivity contribution in [2.45, 2.75) is 18.6 Å². The number of hydrogen-bond donors (Lipinski definition) is 2. The van der Waals surface area contributed by atoms with E-state index in [1.165, 1.54) is 11.6 Å². The van der Waals surface area contributed by atoms with Gasteiger partial charge >= 0.3 is 0 Å². The van der Waals surface area contributed by atoms with Gasteiger partial charge in [-0.05, 0) is 17.7 Å². The van der Waals surface area contributed by atoms with E-state index < -0.39 is 11.6 Å². The van der Waals surface area contributed by atoms with Gasteiger partial charge in [0.2, 0.25) is 0 Å². The normalized spacial score (nSPS) is 24.1. The molecule has 0 aromatic heterocycles. The second kappa shape index (κ2) is 8.33. The molecule has 2 N–H and O–H groups in total. The number of piperazine rings is 2. The number of hydrogen-bond acceptors (Lipinski definition) is 4. The van der Waals surface area contributed by atoms with Crippen LogP contribution in [0.25, 0.3) is 0 Å². The highest BCUT2D eigenvalue weighted by atomic mass is 19.1.